The molecule has 4 heteroatoms. The second kappa shape index (κ2) is 6.39. The Morgan fingerprint density at radius 2 is 1.62 bits per heavy atom. The van der Waals surface area contributed by atoms with E-state index in [1.54, 1.807) is 19.1 Å². The molecule has 21 heavy (non-hydrogen) atoms. The lowest BCUT2D eigenvalue weighted by Gasteiger charge is -2.16. The molecule has 0 aliphatic heterocycles. The van der Waals surface area contributed by atoms with Crippen LogP contribution in [0, 0.1) is 19.7 Å². The van der Waals surface area contributed by atoms with E-state index in [4.69, 9.17) is 0 Å². The van der Waals surface area contributed by atoms with E-state index in [0.717, 1.165) is 11.3 Å². The number of carbonyl (C=O) groups is 1. The number of aryl methyl sites for hydroxylation is 2. The van der Waals surface area contributed by atoms with Gasteiger partial charge >= 0.3 is 0 Å². The Hall–Kier alpha value is -2.36. The normalized spacial score (nSPS) is 11.8. The number of amides is 1. The smallest absolute Gasteiger partial charge is 0.246 e. The lowest BCUT2D eigenvalue weighted by atomic mass is 10.1. The number of hydrogen-bond donors (Lipinski definition) is 2. The van der Waals surface area contributed by atoms with Crippen molar-refractivity contribution in [3.8, 4) is 0 Å². The summed E-state index contributed by atoms with van der Waals surface area (Å²) in [5.41, 5.74) is 3.80. The molecule has 1 unspecified atom stereocenters. The molecule has 0 bridgehead atoms. The number of nitrogens with one attached hydrogen (secondary N) is 2. The van der Waals surface area contributed by atoms with Gasteiger partial charge in [-0.3, -0.25) is 4.79 Å². The molecule has 0 fully saturated rings. The fraction of sp³-hybridized carbons (Fsp3) is 0.235. The fourth-order valence-corrected chi connectivity index (χ4v) is 1.93. The maximum absolute atomic E-state index is 12.8. The van der Waals surface area contributed by atoms with Crippen LogP contribution in [0.25, 0.3) is 0 Å². The van der Waals surface area contributed by atoms with Gasteiger partial charge in [0.1, 0.15) is 11.9 Å². The Morgan fingerprint density at radius 1 is 1.00 bits per heavy atom. The molecular weight excluding hydrogens is 267 g/mol. The maximum Gasteiger partial charge on any atom is 0.246 e. The number of carbonyl (C=O) groups excluding carboxylic acids is 1. The van der Waals surface area contributed by atoms with Crippen LogP contribution in [0.3, 0.4) is 0 Å². The molecule has 0 saturated carbocycles. The summed E-state index contributed by atoms with van der Waals surface area (Å²) in [7, 11) is 0. The molecule has 2 N–H and O–H groups in total. The molecule has 0 aliphatic rings. The summed E-state index contributed by atoms with van der Waals surface area (Å²) >= 11 is 0. The van der Waals surface area contributed by atoms with Crippen molar-refractivity contribution < 1.29 is 9.18 Å². The Morgan fingerprint density at radius 3 is 2.24 bits per heavy atom. The van der Waals surface area contributed by atoms with Crippen LogP contribution in [0.15, 0.2) is 42.5 Å². The zero-order chi connectivity index (χ0) is 15.4. The maximum atomic E-state index is 12.8. The molecule has 0 radical (unpaired) electrons. The highest BCUT2D eigenvalue weighted by molar-refractivity contribution is 5.96. The third kappa shape index (κ3) is 4.05. The van der Waals surface area contributed by atoms with E-state index in [9.17, 15) is 9.18 Å². The molecular formula is C17H19FN2O. The van der Waals surface area contributed by atoms with E-state index in [2.05, 4.69) is 10.6 Å². The van der Waals surface area contributed by atoms with Crippen molar-refractivity contribution in [2.75, 3.05) is 10.6 Å². The molecule has 2 rings (SSSR count). The lowest BCUT2D eigenvalue weighted by Crippen LogP contribution is -2.31. The van der Waals surface area contributed by atoms with Gasteiger partial charge in [0.05, 0.1) is 0 Å². The van der Waals surface area contributed by atoms with Crippen LogP contribution >= 0.6 is 0 Å². The molecule has 1 amide bonds. The van der Waals surface area contributed by atoms with Gasteiger partial charge in [-0.05, 0) is 68.3 Å². The van der Waals surface area contributed by atoms with Crippen molar-refractivity contribution >= 4 is 17.3 Å². The Kier molecular flexibility index (Phi) is 4.58. The second-order valence-electron chi connectivity index (χ2n) is 5.16. The van der Waals surface area contributed by atoms with Gasteiger partial charge in [0.15, 0.2) is 0 Å². The predicted molar refractivity (Wildman–Crippen MR) is 84.0 cm³/mol. The summed E-state index contributed by atoms with van der Waals surface area (Å²) in [6.45, 7) is 5.80. The van der Waals surface area contributed by atoms with Gasteiger partial charge in [-0.1, -0.05) is 6.07 Å². The van der Waals surface area contributed by atoms with Crippen LogP contribution in [0.2, 0.25) is 0 Å². The van der Waals surface area contributed by atoms with Gasteiger partial charge in [-0.15, -0.1) is 0 Å². The highest BCUT2D eigenvalue weighted by Crippen LogP contribution is 2.15. The summed E-state index contributed by atoms with van der Waals surface area (Å²) in [4.78, 5) is 12.1. The molecule has 1 atom stereocenters. The van der Waals surface area contributed by atoms with Crippen LogP contribution in [0.1, 0.15) is 18.1 Å². The summed E-state index contributed by atoms with van der Waals surface area (Å²) in [6, 6.07) is 11.3. The first-order valence-electron chi connectivity index (χ1n) is 6.86. The van der Waals surface area contributed by atoms with Gasteiger partial charge in [0.2, 0.25) is 5.91 Å². The van der Waals surface area contributed by atoms with Gasteiger partial charge in [0, 0.05) is 11.4 Å². The van der Waals surface area contributed by atoms with E-state index in [1.165, 1.54) is 17.7 Å². The molecule has 0 saturated heterocycles. The van der Waals surface area contributed by atoms with Crippen LogP contribution in [-0.2, 0) is 4.79 Å². The zero-order valence-electron chi connectivity index (χ0n) is 12.4. The number of halogens is 1. The quantitative estimate of drug-likeness (QED) is 0.895. The largest absolute Gasteiger partial charge is 0.374 e. The van der Waals surface area contributed by atoms with Crippen molar-refractivity contribution in [2.24, 2.45) is 0 Å². The second-order valence-corrected chi connectivity index (χ2v) is 5.16. The number of hydrogen-bond acceptors (Lipinski definition) is 2. The van der Waals surface area contributed by atoms with Crippen molar-refractivity contribution in [2.45, 2.75) is 26.8 Å². The first kappa shape index (κ1) is 15.0. The van der Waals surface area contributed by atoms with Crippen molar-refractivity contribution in [3.05, 3.63) is 59.4 Å². The lowest BCUT2D eigenvalue weighted by molar-refractivity contribution is -0.116. The minimum absolute atomic E-state index is 0.137. The molecule has 0 aromatic heterocycles. The summed E-state index contributed by atoms with van der Waals surface area (Å²) in [5, 5.41) is 5.90. The molecule has 3 nitrogen and oxygen atoms in total. The third-order valence-corrected chi connectivity index (χ3v) is 3.40. The summed E-state index contributed by atoms with van der Waals surface area (Å²) in [5.74, 6) is -0.435. The topological polar surface area (TPSA) is 41.1 Å². The van der Waals surface area contributed by atoms with Crippen molar-refractivity contribution in [1.29, 1.82) is 0 Å². The average molecular weight is 286 g/mol. The average Bonchev–Trinajstić information content (AvgIpc) is 2.45. The van der Waals surface area contributed by atoms with E-state index >= 15 is 0 Å². The predicted octanol–water partition coefficient (Wildman–Crippen LogP) is 3.88. The molecule has 2 aromatic carbocycles. The standard InChI is InChI=1S/C17H19FN2O/c1-11-4-7-16(10-12(11)2)20-17(21)13(3)19-15-8-5-14(18)6-9-15/h4-10,13,19H,1-3H3,(H,20,21). The van der Waals surface area contributed by atoms with Crippen molar-refractivity contribution in [1.82, 2.24) is 0 Å². The Balaban J connectivity index is 1.98. The fourth-order valence-electron chi connectivity index (χ4n) is 1.93. The minimum atomic E-state index is -0.419. The van der Waals surface area contributed by atoms with Crippen molar-refractivity contribution in [3.63, 3.8) is 0 Å². The molecule has 0 heterocycles. The molecule has 0 aliphatic carbocycles. The summed E-state index contributed by atoms with van der Waals surface area (Å²) < 4.78 is 12.8. The van der Waals surface area contributed by atoms with Crippen LogP contribution in [0.5, 0.6) is 0 Å². The zero-order valence-corrected chi connectivity index (χ0v) is 12.4. The first-order chi connectivity index (χ1) is 9.95. The van der Waals surface area contributed by atoms with E-state index < -0.39 is 6.04 Å². The monoisotopic (exact) mass is 286 g/mol. The number of benzene rings is 2. The van der Waals surface area contributed by atoms with Crippen LogP contribution in [-0.4, -0.2) is 11.9 Å². The molecule has 110 valence electrons. The van der Waals surface area contributed by atoms with Gasteiger partial charge in [0.25, 0.3) is 0 Å². The number of anilines is 2. The van der Waals surface area contributed by atoms with Crippen LogP contribution < -0.4 is 10.6 Å². The minimum Gasteiger partial charge on any atom is -0.374 e. The SMILES string of the molecule is Cc1ccc(NC(=O)C(C)Nc2ccc(F)cc2)cc1C. The van der Waals surface area contributed by atoms with E-state index in [0.29, 0.717) is 5.69 Å². The molecule has 0 spiro atoms. The van der Waals surface area contributed by atoms with E-state index in [1.807, 2.05) is 32.0 Å². The van der Waals surface area contributed by atoms with Gasteiger partial charge in [-0.25, -0.2) is 4.39 Å². The molecule has 2 aromatic rings. The van der Waals surface area contributed by atoms with Crippen LogP contribution in [0.4, 0.5) is 15.8 Å². The third-order valence-electron chi connectivity index (χ3n) is 3.40. The first-order valence-corrected chi connectivity index (χ1v) is 6.86. The van der Waals surface area contributed by atoms with Gasteiger partial charge in [-0.2, -0.15) is 0 Å². The highest BCUT2D eigenvalue weighted by atomic mass is 19.1. The van der Waals surface area contributed by atoms with Gasteiger partial charge < -0.3 is 10.6 Å². The Bertz CT molecular complexity index is 638. The number of rotatable bonds is 4. The highest BCUT2D eigenvalue weighted by Gasteiger charge is 2.13. The summed E-state index contributed by atoms with van der Waals surface area (Å²) in [6.07, 6.45) is 0. The Labute approximate surface area is 124 Å². The van der Waals surface area contributed by atoms with E-state index in [-0.39, 0.29) is 11.7 Å².